The Kier molecular flexibility index (Phi) is 0.149. The van der Waals surface area contributed by atoms with Crippen LogP contribution in [0.1, 0.15) is 0 Å². The summed E-state index contributed by atoms with van der Waals surface area (Å²) in [5.41, 5.74) is 2.64. The second kappa shape index (κ2) is 0.367. The summed E-state index contributed by atoms with van der Waals surface area (Å²) in [6, 6.07) is 0. The van der Waals surface area contributed by atoms with E-state index in [9.17, 15) is 0 Å². The van der Waals surface area contributed by atoms with Crippen LogP contribution in [0.25, 0.3) is 0 Å². The van der Waals surface area contributed by atoms with Gasteiger partial charge in [0.1, 0.15) is 12.5 Å². The Hall–Kier alpha value is -0.680. The molecule has 1 heterocycles. The van der Waals surface area contributed by atoms with Gasteiger partial charge in [0.2, 0.25) is 0 Å². The summed E-state index contributed by atoms with van der Waals surface area (Å²) < 4.78 is 4.36. The third kappa shape index (κ3) is 0.0123. The number of rotatable bonds is 0. The topological polar surface area (TPSA) is 9.23 Å². The van der Waals surface area contributed by atoms with Crippen LogP contribution in [0.5, 0.6) is 0 Å². The molecule has 0 bridgehead atoms. The first-order valence-electron chi connectivity index (χ1n) is 1.05. The zero-order valence-corrected chi connectivity index (χ0v) is 2.06. The summed E-state index contributed by atoms with van der Waals surface area (Å²) in [4.78, 5) is 0. The van der Waals surface area contributed by atoms with Gasteiger partial charge in [0, 0.05) is 0 Å². The molecule has 0 radical (unpaired) electrons. The monoisotopic (exact) mass is 54.0 g/mol. The highest BCUT2D eigenvalue weighted by Crippen LogP contribution is 1.82. The van der Waals surface area contributed by atoms with Gasteiger partial charge in [-0.1, -0.05) is 0 Å². The van der Waals surface area contributed by atoms with Crippen LogP contribution < -0.4 is 0 Å². The highest BCUT2D eigenvalue weighted by atomic mass is 16.5. The van der Waals surface area contributed by atoms with Crippen LogP contribution in [0.15, 0.2) is 18.3 Å². The molecule has 1 heteroatoms. The molecule has 0 fully saturated rings. The highest BCUT2D eigenvalue weighted by molar-refractivity contribution is 4.82. The Morgan fingerprint density at radius 3 is 1.75 bits per heavy atom. The summed E-state index contributed by atoms with van der Waals surface area (Å²) in [6.45, 7) is 0. The fourth-order valence-corrected chi connectivity index (χ4v) is 0.0680. The van der Waals surface area contributed by atoms with Crippen molar-refractivity contribution in [3.63, 3.8) is 0 Å². The minimum Gasteiger partial charge on any atom is -0.456 e. The Morgan fingerprint density at radius 2 is 1.75 bits per heavy atom. The fraction of sp³-hybridized carbons (Fsp3) is 0. The number of ether oxygens (including phenoxy) is 1. The largest absolute Gasteiger partial charge is 0.456 e. The Labute approximate surface area is 24.2 Å². The van der Waals surface area contributed by atoms with Gasteiger partial charge in [-0.25, -0.2) is 0 Å². The van der Waals surface area contributed by atoms with Crippen LogP contribution >= 0.6 is 0 Å². The molecule has 0 N–H and O–H groups in total. The van der Waals surface area contributed by atoms with E-state index in [1.54, 1.807) is 0 Å². The van der Waals surface area contributed by atoms with Crippen molar-refractivity contribution in [1.82, 2.24) is 0 Å². The molecule has 1 aliphatic heterocycles. The van der Waals surface area contributed by atoms with Crippen LogP contribution in [0.4, 0.5) is 0 Å². The molecule has 0 aromatic rings. The molecule has 0 aliphatic carbocycles. The molecule has 0 atom stereocenters. The van der Waals surface area contributed by atoms with Crippen molar-refractivity contribution in [2.75, 3.05) is 0 Å². The van der Waals surface area contributed by atoms with E-state index >= 15 is 0 Å². The van der Waals surface area contributed by atoms with Gasteiger partial charge < -0.3 is 4.74 Å². The van der Waals surface area contributed by atoms with Gasteiger partial charge in [0.25, 0.3) is 0 Å². The minimum absolute atomic E-state index is 1.50. The third-order valence-electron chi connectivity index (χ3n) is 0.272. The maximum Gasteiger partial charge on any atom is 0.136 e. The van der Waals surface area contributed by atoms with Crippen molar-refractivity contribution in [3.05, 3.63) is 18.3 Å². The highest BCUT2D eigenvalue weighted by Gasteiger charge is 1.67. The van der Waals surface area contributed by atoms with Crippen molar-refractivity contribution in [2.24, 2.45) is 0 Å². The van der Waals surface area contributed by atoms with E-state index in [2.05, 4.69) is 10.5 Å². The SMILES string of the molecule is C1=COC=1. The lowest BCUT2D eigenvalue weighted by Crippen LogP contribution is -1.66. The molecule has 20 valence electrons. The molecule has 0 spiro atoms. The predicted molar refractivity (Wildman–Crippen MR) is 13.7 cm³/mol. The average Bonchev–Trinajstić information content (AvgIpc) is 0.722. The first-order chi connectivity index (χ1) is 2.00. The van der Waals surface area contributed by atoms with Gasteiger partial charge in [-0.3, -0.25) is 0 Å². The summed E-state index contributed by atoms with van der Waals surface area (Å²) in [7, 11) is 0. The molecule has 0 aromatic carbocycles. The summed E-state index contributed by atoms with van der Waals surface area (Å²) >= 11 is 0. The number of hydrogen-bond acceptors (Lipinski definition) is 1. The number of hydrogen-bond donors (Lipinski definition) is 0. The van der Waals surface area contributed by atoms with E-state index in [1.165, 1.54) is 12.5 Å². The Bertz CT molecular complexity index is 61.4. The lowest BCUT2D eigenvalue weighted by atomic mass is 10.8. The molecule has 1 rings (SSSR count). The van der Waals surface area contributed by atoms with Crippen LogP contribution in [-0.2, 0) is 4.74 Å². The van der Waals surface area contributed by atoms with E-state index in [-0.39, 0.29) is 0 Å². The second-order valence-electron chi connectivity index (χ2n) is 0.538. The van der Waals surface area contributed by atoms with E-state index in [0.29, 0.717) is 0 Å². The first-order valence-corrected chi connectivity index (χ1v) is 1.05. The van der Waals surface area contributed by atoms with Gasteiger partial charge in [0.05, 0.1) is 0 Å². The lowest BCUT2D eigenvalue weighted by Gasteiger charge is -1.85. The smallest absolute Gasteiger partial charge is 0.136 e. The van der Waals surface area contributed by atoms with Crippen molar-refractivity contribution in [3.8, 4) is 0 Å². The maximum atomic E-state index is 4.36. The molecule has 0 saturated heterocycles. The standard InChI is InChI=1S/C3H2O/c1-2-4-3-1/h2-3H. The Balaban J connectivity index is 2.95. The third-order valence-corrected chi connectivity index (χ3v) is 0.272. The predicted octanol–water partition coefficient (Wildman–Crippen LogP) is 0.643. The summed E-state index contributed by atoms with van der Waals surface area (Å²) in [5.74, 6) is 0. The zero-order chi connectivity index (χ0) is 2.83. The molecular weight excluding hydrogens is 52.0 g/mol. The first kappa shape index (κ1) is 1.62. The van der Waals surface area contributed by atoms with E-state index in [4.69, 9.17) is 0 Å². The van der Waals surface area contributed by atoms with Gasteiger partial charge >= 0.3 is 0 Å². The molecular formula is C3H2O. The van der Waals surface area contributed by atoms with Crippen molar-refractivity contribution in [2.45, 2.75) is 0 Å². The zero-order valence-electron chi connectivity index (χ0n) is 2.06. The normalized spacial score (nSPS) is 14.0. The van der Waals surface area contributed by atoms with Crippen molar-refractivity contribution in [1.29, 1.82) is 0 Å². The maximum absolute atomic E-state index is 4.36. The van der Waals surface area contributed by atoms with E-state index < -0.39 is 0 Å². The summed E-state index contributed by atoms with van der Waals surface area (Å²) in [6.07, 6.45) is 3.00. The minimum atomic E-state index is 1.50. The van der Waals surface area contributed by atoms with Gasteiger partial charge in [-0.15, -0.1) is 0 Å². The molecule has 0 aromatic heterocycles. The van der Waals surface area contributed by atoms with Crippen molar-refractivity contribution >= 4 is 0 Å². The van der Waals surface area contributed by atoms with Crippen LogP contribution in [0.3, 0.4) is 0 Å². The lowest BCUT2D eigenvalue weighted by molar-refractivity contribution is 0.376. The molecule has 0 saturated carbocycles. The van der Waals surface area contributed by atoms with Gasteiger partial charge in [-0.2, -0.15) is 0 Å². The molecule has 1 aliphatic rings. The molecule has 0 unspecified atom stereocenters. The van der Waals surface area contributed by atoms with E-state index in [1.807, 2.05) is 0 Å². The van der Waals surface area contributed by atoms with Gasteiger partial charge in [-0.05, 0) is 5.73 Å². The van der Waals surface area contributed by atoms with Crippen LogP contribution in [0, 0.1) is 0 Å². The molecule has 1 nitrogen and oxygen atoms in total. The quantitative estimate of drug-likeness (QED) is 0.369. The Morgan fingerprint density at radius 1 is 1.50 bits per heavy atom. The van der Waals surface area contributed by atoms with Crippen LogP contribution in [0.2, 0.25) is 0 Å². The van der Waals surface area contributed by atoms with E-state index in [0.717, 1.165) is 0 Å². The molecule has 4 heavy (non-hydrogen) atoms. The van der Waals surface area contributed by atoms with Crippen molar-refractivity contribution < 1.29 is 4.74 Å². The second-order valence-corrected chi connectivity index (χ2v) is 0.538. The average molecular weight is 54.0 g/mol. The summed E-state index contributed by atoms with van der Waals surface area (Å²) in [5, 5.41) is 0. The van der Waals surface area contributed by atoms with Gasteiger partial charge in [0.15, 0.2) is 0 Å². The fourth-order valence-electron chi connectivity index (χ4n) is 0.0680. The van der Waals surface area contributed by atoms with Crippen LogP contribution in [-0.4, -0.2) is 0 Å². The molecule has 0 amide bonds.